The molecule has 0 saturated carbocycles. The maximum Gasteiger partial charge on any atom is 0.282 e. The van der Waals surface area contributed by atoms with E-state index >= 15 is 0 Å². The maximum atomic E-state index is 12.4. The van der Waals surface area contributed by atoms with Gasteiger partial charge in [-0.1, -0.05) is 11.6 Å². The van der Waals surface area contributed by atoms with Gasteiger partial charge in [0.1, 0.15) is 0 Å². The van der Waals surface area contributed by atoms with E-state index in [1.54, 1.807) is 37.4 Å². The molecule has 0 fully saturated rings. The molecule has 24 heavy (non-hydrogen) atoms. The first-order chi connectivity index (χ1) is 11.4. The number of likely N-dealkylation sites (N-methyl/N-ethyl adjacent to an activating group) is 1. The fourth-order valence-corrected chi connectivity index (χ4v) is 2.52. The van der Waals surface area contributed by atoms with E-state index in [1.807, 2.05) is 0 Å². The highest BCUT2D eigenvalue weighted by molar-refractivity contribution is 6.30. The van der Waals surface area contributed by atoms with E-state index in [0.29, 0.717) is 10.7 Å². The molecule has 3 rings (SSSR count). The van der Waals surface area contributed by atoms with Gasteiger partial charge < -0.3 is 0 Å². The Morgan fingerprint density at radius 1 is 1.29 bits per heavy atom. The van der Waals surface area contributed by atoms with Gasteiger partial charge in [0.2, 0.25) is 12.1 Å². The van der Waals surface area contributed by atoms with E-state index in [9.17, 15) is 9.59 Å². The summed E-state index contributed by atoms with van der Waals surface area (Å²) in [5.41, 5.74) is 0.776. The molecule has 9 heteroatoms. The van der Waals surface area contributed by atoms with Gasteiger partial charge in [-0.05, 0) is 31.2 Å². The molecule has 1 aliphatic heterocycles. The second-order valence-corrected chi connectivity index (χ2v) is 5.61. The molecule has 120 valence electrons. The average molecular weight is 343 g/mol. The quantitative estimate of drug-likeness (QED) is 0.568. The van der Waals surface area contributed by atoms with Crippen LogP contribution in [0.5, 0.6) is 0 Å². The number of amides is 2. The van der Waals surface area contributed by atoms with Gasteiger partial charge in [-0.25, -0.2) is 4.98 Å². The van der Waals surface area contributed by atoms with E-state index in [1.165, 1.54) is 11.7 Å². The molecule has 0 spiro atoms. The molecule has 0 N–H and O–H groups in total. The maximum absolute atomic E-state index is 12.4. The first kappa shape index (κ1) is 15.8. The summed E-state index contributed by atoms with van der Waals surface area (Å²) in [5, 5.41) is 13.7. The fourth-order valence-electron chi connectivity index (χ4n) is 2.40. The summed E-state index contributed by atoms with van der Waals surface area (Å²) in [7, 11) is 1.39. The minimum Gasteiger partial charge on any atom is -0.280 e. The first-order valence-electron chi connectivity index (χ1n) is 6.96. The van der Waals surface area contributed by atoms with Crippen LogP contribution in [0.25, 0.3) is 5.69 Å². The Hall–Kier alpha value is -3.05. The number of carbonyl (C=O) groups excluding carboxylic acids is 2. The zero-order chi connectivity index (χ0) is 17.4. The third-order valence-electron chi connectivity index (χ3n) is 3.69. The van der Waals surface area contributed by atoms with E-state index in [0.717, 1.165) is 4.90 Å². The number of halogens is 1. The van der Waals surface area contributed by atoms with Crippen molar-refractivity contribution in [1.82, 2.24) is 19.7 Å². The Morgan fingerprint density at radius 2 is 1.96 bits per heavy atom. The van der Waals surface area contributed by atoms with Crippen molar-refractivity contribution in [2.24, 2.45) is 4.99 Å². The van der Waals surface area contributed by atoms with Gasteiger partial charge in [-0.15, -0.1) is 4.99 Å². The summed E-state index contributed by atoms with van der Waals surface area (Å²) in [6, 6.07) is 6.60. The van der Waals surface area contributed by atoms with Crippen LogP contribution < -0.4 is 5.62 Å². The number of aromatic nitrogens is 3. The monoisotopic (exact) mass is 342 g/mol. The molecule has 0 aliphatic carbocycles. The van der Waals surface area contributed by atoms with Gasteiger partial charge in [-0.2, -0.15) is 15.0 Å². The topological polar surface area (TPSA) is 104 Å². The Bertz CT molecular complexity index is 957. The van der Waals surface area contributed by atoms with E-state index in [2.05, 4.69) is 15.1 Å². The zero-order valence-corrected chi connectivity index (χ0v) is 13.5. The average Bonchev–Trinajstić information content (AvgIpc) is 2.59. The molecule has 1 aliphatic rings. The number of fused-ring (bicyclic) bond motifs is 1. The number of carbonyl (C=O) groups is 2. The minimum absolute atomic E-state index is 0.0180. The summed E-state index contributed by atoms with van der Waals surface area (Å²) in [6.07, 6.45) is 1.65. The number of nitriles is 1. The Labute approximate surface area is 141 Å². The molecular formula is C15H11ClN6O2. The molecule has 0 bridgehead atoms. The molecular weight excluding hydrogens is 332 g/mol. The van der Waals surface area contributed by atoms with Crippen molar-refractivity contribution in [1.29, 1.82) is 5.26 Å². The Morgan fingerprint density at radius 3 is 2.58 bits per heavy atom. The summed E-state index contributed by atoms with van der Waals surface area (Å²) < 4.78 is 1.27. The third kappa shape index (κ3) is 2.45. The zero-order valence-electron chi connectivity index (χ0n) is 12.8. The van der Waals surface area contributed by atoms with Crippen LogP contribution in [0.2, 0.25) is 5.02 Å². The highest BCUT2D eigenvalue weighted by Gasteiger charge is 2.37. The molecule has 0 radical (unpaired) electrons. The van der Waals surface area contributed by atoms with Crippen molar-refractivity contribution in [2.75, 3.05) is 7.05 Å². The summed E-state index contributed by atoms with van der Waals surface area (Å²) >= 11 is 5.87. The lowest BCUT2D eigenvalue weighted by Gasteiger charge is -2.26. The lowest BCUT2D eigenvalue weighted by molar-refractivity contribution is -0.129. The molecule has 2 aromatic rings. The SMILES string of the molecule is CC1C(=O)N(C)C(=O)c2nn(-c3ccc(Cl)cc3)c(=NC#N)nc21. The molecule has 1 aromatic heterocycles. The Kier molecular flexibility index (Phi) is 3.87. The number of benzene rings is 1. The molecule has 2 amide bonds. The first-order valence-corrected chi connectivity index (χ1v) is 7.33. The van der Waals surface area contributed by atoms with Crippen LogP contribution in [0.3, 0.4) is 0 Å². The van der Waals surface area contributed by atoms with Crippen molar-refractivity contribution < 1.29 is 9.59 Å². The molecule has 2 heterocycles. The van der Waals surface area contributed by atoms with Crippen LogP contribution in [0, 0.1) is 11.5 Å². The lowest BCUT2D eigenvalue weighted by Crippen LogP contribution is -2.45. The number of hydrogen-bond donors (Lipinski definition) is 0. The molecule has 1 unspecified atom stereocenters. The normalized spacial score (nSPS) is 17.7. The van der Waals surface area contributed by atoms with Gasteiger partial charge in [0.05, 0.1) is 17.3 Å². The van der Waals surface area contributed by atoms with E-state index < -0.39 is 11.8 Å². The van der Waals surface area contributed by atoms with Crippen LogP contribution in [-0.2, 0) is 4.79 Å². The van der Waals surface area contributed by atoms with Crippen molar-refractivity contribution >= 4 is 23.4 Å². The Balaban J connectivity index is 2.31. The molecule has 1 aromatic carbocycles. The minimum atomic E-state index is -0.650. The second-order valence-electron chi connectivity index (χ2n) is 5.17. The number of imide groups is 1. The van der Waals surface area contributed by atoms with Gasteiger partial charge in [-0.3, -0.25) is 14.5 Å². The van der Waals surface area contributed by atoms with E-state index in [-0.39, 0.29) is 22.9 Å². The van der Waals surface area contributed by atoms with Crippen LogP contribution in [0.1, 0.15) is 29.0 Å². The molecule has 0 saturated heterocycles. The predicted octanol–water partition coefficient (Wildman–Crippen LogP) is 1.02. The smallest absolute Gasteiger partial charge is 0.280 e. The van der Waals surface area contributed by atoms with Gasteiger partial charge in [0.25, 0.3) is 11.5 Å². The van der Waals surface area contributed by atoms with Crippen LogP contribution in [-0.4, -0.2) is 38.5 Å². The fraction of sp³-hybridized carbons (Fsp3) is 0.200. The van der Waals surface area contributed by atoms with Crippen molar-refractivity contribution in [2.45, 2.75) is 12.8 Å². The highest BCUT2D eigenvalue weighted by Crippen LogP contribution is 2.24. The summed E-state index contributed by atoms with van der Waals surface area (Å²) in [4.78, 5) is 33.3. The van der Waals surface area contributed by atoms with Crippen molar-refractivity contribution in [3.05, 3.63) is 46.3 Å². The van der Waals surface area contributed by atoms with Crippen molar-refractivity contribution in [3.63, 3.8) is 0 Å². The third-order valence-corrected chi connectivity index (χ3v) is 3.94. The van der Waals surface area contributed by atoms with Gasteiger partial charge in [0, 0.05) is 12.1 Å². The number of hydrogen-bond acceptors (Lipinski definition) is 6. The summed E-state index contributed by atoms with van der Waals surface area (Å²) in [6.45, 7) is 1.63. The standard InChI is InChI=1S/C15H11ClN6O2/c1-8-11-12(14(24)21(2)13(8)23)20-22(15(19-11)18-7-17)10-5-3-9(16)4-6-10/h3-6,8H,1-2H3. The van der Waals surface area contributed by atoms with Crippen LogP contribution >= 0.6 is 11.6 Å². The van der Waals surface area contributed by atoms with Gasteiger partial charge >= 0.3 is 0 Å². The highest BCUT2D eigenvalue weighted by atomic mass is 35.5. The summed E-state index contributed by atoms with van der Waals surface area (Å²) in [5.74, 6) is -1.58. The lowest BCUT2D eigenvalue weighted by atomic mass is 9.99. The van der Waals surface area contributed by atoms with Crippen LogP contribution in [0.15, 0.2) is 29.3 Å². The molecule has 1 atom stereocenters. The van der Waals surface area contributed by atoms with Crippen LogP contribution in [0.4, 0.5) is 0 Å². The number of nitrogens with zero attached hydrogens (tertiary/aromatic N) is 6. The number of rotatable bonds is 1. The van der Waals surface area contributed by atoms with E-state index in [4.69, 9.17) is 16.9 Å². The van der Waals surface area contributed by atoms with Gasteiger partial charge in [0.15, 0.2) is 5.69 Å². The molecule has 8 nitrogen and oxygen atoms in total. The van der Waals surface area contributed by atoms with Crippen molar-refractivity contribution in [3.8, 4) is 11.9 Å². The second kappa shape index (κ2) is 5.86. The predicted molar refractivity (Wildman–Crippen MR) is 83.1 cm³/mol. The largest absolute Gasteiger partial charge is 0.282 e.